The molecule has 0 N–H and O–H groups in total. The van der Waals surface area contributed by atoms with Gasteiger partial charge in [0.25, 0.3) is 0 Å². The van der Waals surface area contributed by atoms with Gasteiger partial charge in [-0.2, -0.15) is 0 Å². The molecule has 0 aliphatic carbocycles. The van der Waals surface area contributed by atoms with E-state index in [0.717, 1.165) is 65.3 Å². The molecule has 27 heavy (non-hydrogen) atoms. The molecular formula is C21H33N3O3. The van der Waals surface area contributed by atoms with E-state index in [9.17, 15) is 4.79 Å². The van der Waals surface area contributed by atoms with Crippen LogP contribution in [-0.2, 0) is 9.47 Å². The van der Waals surface area contributed by atoms with Crippen LogP contribution in [0.3, 0.4) is 0 Å². The number of piperazine rings is 1. The normalized spacial score (nSPS) is 19.3. The monoisotopic (exact) mass is 375 g/mol. The molecule has 6 heteroatoms. The summed E-state index contributed by atoms with van der Waals surface area (Å²) in [5.41, 5.74) is 2.50. The zero-order chi connectivity index (χ0) is 19.1. The predicted octanol–water partition coefficient (Wildman–Crippen LogP) is 2.61. The summed E-state index contributed by atoms with van der Waals surface area (Å²) in [6, 6.07) is 8.58. The van der Waals surface area contributed by atoms with E-state index in [4.69, 9.17) is 9.47 Å². The summed E-state index contributed by atoms with van der Waals surface area (Å²) in [5, 5.41) is 0. The fourth-order valence-corrected chi connectivity index (χ4v) is 3.78. The first-order valence-corrected chi connectivity index (χ1v) is 10.1. The van der Waals surface area contributed by atoms with E-state index in [0.29, 0.717) is 12.5 Å². The first kappa shape index (κ1) is 20.0. The third-order valence-electron chi connectivity index (χ3n) is 5.70. The lowest BCUT2D eigenvalue weighted by molar-refractivity contribution is 0.0628. The van der Waals surface area contributed by atoms with E-state index in [-0.39, 0.29) is 6.09 Å². The molecule has 2 fully saturated rings. The number of nitrogens with zero attached hydrogens (tertiary/aromatic N) is 3. The van der Waals surface area contributed by atoms with Crippen molar-refractivity contribution in [3.05, 3.63) is 29.8 Å². The van der Waals surface area contributed by atoms with Crippen LogP contribution in [-0.4, -0.2) is 82.0 Å². The van der Waals surface area contributed by atoms with Crippen LogP contribution in [0.25, 0.3) is 0 Å². The minimum absolute atomic E-state index is 0.152. The lowest BCUT2D eigenvalue weighted by Crippen LogP contribution is -2.49. The van der Waals surface area contributed by atoms with Crippen molar-refractivity contribution in [1.82, 2.24) is 9.80 Å². The van der Waals surface area contributed by atoms with Crippen molar-refractivity contribution in [2.45, 2.75) is 19.8 Å². The highest BCUT2D eigenvalue weighted by molar-refractivity contribution is 5.68. The van der Waals surface area contributed by atoms with Crippen LogP contribution in [0.4, 0.5) is 10.5 Å². The molecule has 2 aliphatic rings. The number of rotatable bonds is 6. The first-order chi connectivity index (χ1) is 13.2. The Morgan fingerprint density at radius 3 is 2.33 bits per heavy atom. The minimum Gasteiger partial charge on any atom is -0.449 e. The van der Waals surface area contributed by atoms with Crippen molar-refractivity contribution in [2.75, 3.05) is 71.0 Å². The zero-order valence-electron chi connectivity index (χ0n) is 16.7. The number of benzene rings is 1. The van der Waals surface area contributed by atoms with Gasteiger partial charge in [0, 0.05) is 45.5 Å². The van der Waals surface area contributed by atoms with Crippen LogP contribution < -0.4 is 4.90 Å². The standard InChI is InChI=1S/C21H33N3O3/c1-18-3-5-20(6-4-18)23-11-13-24(14-12-23)21(25)27-17-19-7-9-22(10-8-19)15-16-26-2/h3-6,19H,7-17H2,1-2H3. The van der Waals surface area contributed by atoms with Gasteiger partial charge in [0.2, 0.25) is 0 Å². The maximum atomic E-state index is 12.4. The fourth-order valence-electron chi connectivity index (χ4n) is 3.78. The lowest BCUT2D eigenvalue weighted by atomic mass is 9.98. The number of carbonyl (C=O) groups excluding carboxylic acids is 1. The van der Waals surface area contributed by atoms with Crippen LogP contribution in [0.5, 0.6) is 0 Å². The van der Waals surface area contributed by atoms with E-state index < -0.39 is 0 Å². The molecule has 0 saturated carbocycles. The second-order valence-corrected chi connectivity index (χ2v) is 7.66. The number of ether oxygens (including phenoxy) is 2. The number of anilines is 1. The minimum atomic E-state index is -0.152. The highest BCUT2D eigenvalue weighted by Crippen LogP contribution is 2.19. The summed E-state index contributed by atoms with van der Waals surface area (Å²) in [6.45, 7) is 9.73. The summed E-state index contributed by atoms with van der Waals surface area (Å²) in [6.07, 6.45) is 2.04. The summed E-state index contributed by atoms with van der Waals surface area (Å²) in [7, 11) is 1.74. The Bertz CT molecular complexity index is 577. The molecule has 0 radical (unpaired) electrons. The van der Waals surface area contributed by atoms with Gasteiger partial charge in [0.05, 0.1) is 13.2 Å². The largest absolute Gasteiger partial charge is 0.449 e. The summed E-state index contributed by atoms with van der Waals surface area (Å²) < 4.78 is 10.8. The molecule has 6 nitrogen and oxygen atoms in total. The molecule has 0 atom stereocenters. The molecule has 0 bridgehead atoms. The Hall–Kier alpha value is -1.79. The Balaban J connectivity index is 1.34. The first-order valence-electron chi connectivity index (χ1n) is 10.1. The van der Waals surface area contributed by atoms with Gasteiger partial charge in [0.15, 0.2) is 0 Å². The molecule has 0 aromatic heterocycles. The quantitative estimate of drug-likeness (QED) is 0.765. The smallest absolute Gasteiger partial charge is 0.409 e. The molecule has 1 amide bonds. The zero-order valence-corrected chi connectivity index (χ0v) is 16.7. The molecule has 2 saturated heterocycles. The van der Waals surface area contributed by atoms with E-state index in [1.54, 1.807) is 7.11 Å². The van der Waals surface area contributed by atoms with Gasteiger partial charge in [-0.05, 0) is 50.9 Å². The summed E-state index contributed by atoms with van der Waals surface area (Å²) in [5.74, 6) is 0.488. The molecule has 2 aliphatic heterocycles. The van der Waals surface area contributed by atoms with Crippen molar-refractivity contribution in [1.29, 1.82) is 0 Å². The van der Waals surface area contributed by atoms with Crippen LogP contribution >= 0.6 is 0 Å². The molecule has 0 spiro atoms. The third kappa shape index (κ3) is 5.84. The van der Waals surface area contributed by atoms with Crippen molar-refractivity contribution in [3.8, 4) is 0 Å². The Morgan fingerprint density at radius 2 is 1.70 bits per heavy atom. The average molecular weight is 376 g/mol. The van der Waals surface area contributed by atoms with Crippen molar-refractivity contribution in [2.24, 2.45) is 5.92 Å². The van der Waals surface area contributed by atoms with Crippen LogP contribution in [0.1, 0.15) is 18.4 Å². The molecule has 1 aromatic rings. The van der Waals surface area contributed by atoms with Gasteiger partial charge in [-0.15, -0.1) is 0 Å². The van der Waals surface area contributed by atoms with Crippen molar-refractivity contribution < 1.29 is 14.3 Å². The number of piperidine rings is 1. The number of methoxy groups -OCH3 is 1. The third-order valence-corrected chi connectivity index (χ3v) is 5.70. The van der Waals surface area contributed by atoms with Gasteiger partial charge in [0.1, 0.15) is 0 Å². The van der Waals surface area contributed by atoms with Crippen LogP contribution in [0.15, 0.2) is 24.3 Å². The van der Waals surface area contributed by atoms with Crippen LogP contribution in [0.2, 0.25) is 0 Å². The van der Waals surface area contributed by atoms with E-state index in [1.165, 1.54) is 11.3 Å². The summed E-state index contributed by atoms with van der Waals surface area (Å²) in [4.78, 5) is 19.0. The predicted molar refractivity (Wildman–Crippen MR) is 107 cm³/mol. The van der Waals surface area contributed by atoms with Gasteiger partial charge < -0.3 is 24.2 Å². The highest BCUT2D eigenvalue weighted by Gasteiger charge is 2.25. The molecular weight excluding hydrogens is 342 g/mol. The van der Waals surface area contributed by atoms with Gasteiger partial charge in [-0.25, -0.2) is 4.79 Å². The Labute approximate surface area is 163 Å². The molecule has 150 valence electrons. The number of likely N-dealkylation sites (tertiary alicyclic amines) is 1. The maximum absolute atomic E-state index is 12.4. The number of amides is 1. The molecule has 1 aromatic carbocycles. The maximum Gasteiger partial charge on any atom is 0.409 e. The lowest BCUT2D eigenvalue weighted by Gasteiger charge is -2.36. The Morgan fingerprint density at radius 1 is 1.04 bits per heavy atom. The highest BCUT2D eigenvalue weighted by atomic mass is 16.6. The van der Waals surface area contributed by atoms with Gasteiger partial charge in [-0.1, -0.05) is 17.7 Å². The molecule has 3 rings (SSSR count). The number of carbonyl (C=O) groups is 1. The van der Waals surface area contributed by atoms with E-state index in [2.05, 4.69) is 41.0 Å². The average Bonchev–Trinajstić information content (AvgIpc) is 2.72. The van der Waals surface area contributed by atoms with Crippen molar-refractivity contribution >= 4 is 11.8 Å². The van der Waals surface area contributed by atoms with E-state index in [1.807, 2.05) is 4.90 Å². The second kappa shape index (κ2) is 9.95. The SMILES string of the molecule is COCCN1CCC(COC(=O)N2CCN(c3ccc(C)cc3)CC2)CC1. The molecule has 0 unspecified atom stereocenters. The van der Waals surface area contributed by atoms with Gasteiger partial charge in [-0.3, -0.25) is 0 Å². The van der Waals surface area contributed by atoms with Crippen molar-refractivity contribution in [3.63, 3.8) is 0 Å². The van der Waals surface area contributed by atoms with Crippen LogP contribution in [0, 0.1) is 12.8 Å². The van der Waals surface area contributed by atoms with Gasteiger partial charge >= 0.3 is 6.09 Å². The van der Waals surface area contributed by atoms with E-state index >= 15 is 0 Å². The topological polar surface area (TPSA) is 45.3 Å². The number of aryl methyl sites for hydroxylation is 1. The Kier molecular flexibility index (Phi) is 7.35. The fraction of sp³-hybridized carbons (Fsp3) is 0.667. The molecule has 2 heterocycles. The second-order valence-electron chi connectivity index (χ2n) is 7.66. The summed E-state index contributed by atoms with van der Waals surface area (Å²) >= 11 is 0. The number of hydrogen-bond donors (Lipinski definition) is 0. The number of hydrogen-bond acceptors (Lipinski definition) is 5.